The predicted molar refractivity (Wildman–Crippen MR) is 74.0 cm³/mol. The number of nitriles is 1. The lowest BCUT2D eigenvalue weighted by Gasteiger charge is -2.11. The summed E-state index contributed by atoms with van der Waals surface area (Å²) >= 11 is 1.59. The Morgan fingerprint density at radius 3 is 2.94 bits per heavy atom. The maximum Gasteiger partial charge on any atom is 0.142 e. The summed E-state index contributed by atoms with van der Waals surface area (Å²) in [6, 6.07) is 11.9. The van der Waals surface area contributed by atoms with Gasteiger partial charge in [0, 0.05) is 16.8 Å². The Hall–Kier alpha value is -1.99. The normalized spacial score (nSPS) is 9.78. The van der Waals surface area contributed by atoms with Crippen molar-refractivity contribution in [1.29, 1.82) is 5.26 Å². The zero-order valence-corrected chi connectivity index (χ0v) is 11.0. The number of benzene rings is 1. The predicted octanol–water partition coefficient (Wildman–Crippen LogP) is 3.63. The fraction of sp³-hybridized carbons (Fsp3) is 0.214. The van der Waals surface area contributed by atoms with E-state index in [2.05, 4.69) is 11.4 Å². The minimum Gasteiger partial charge on any atom is -0.492 e. The Labute approximate surface area is 111 Å². The van der Waals surface area contributed by atoms with Gasteiger partial charge < -0.3 is 10.1 Å². The number of nitrogens with one attached hydrogen (secondary N) is 1. The van der Waals surface area contributed by atoms with Crippen molar-refractivity contribution in [3.05, 3.63) is 46.2 Å². The maximum atomic E-state index is 8.77. The fourth-order valence-corrected chi connectivity index (χ4v) is 2.36. The number of rotatable bonds is 5. The Morgan fingerprint density at radius 2 is 2.22 bits per heavy atom. The van der Waals surface area contributed by atoms with E-state index in [0.717, 1.165) is 21.9 Å². The molecule has 2 aromatic rings. The lowest BCUT2D eigenvalue weighted by atomic mass is 10.3. The maximum absolute atomic E-state index is 8.77. The minimum atomic E-state index is 0.649. The van der Waals surface area contributed by atoms with E-state index in [-0.39, 0.29) is 0 Å². The molecule has 0 unspecified atom stereocenters. The second-order valence-corrected chi connectivity index (χ2v) is 4.69. The van der Waals surface area contributed by atoms with Crippen molar-refractivity contribution < 1.29 is 4.74 Å². The molecule has 1 heterocycles. The van der Waals surface area contributed by atoms with Crippen molar-refractivity contribution >= 4 is 17.0 Å². The lowest BCUT2D eigenvalue weighted by molar-refractivity contribution is 0.341. The third-order valence-electron chi connectivity index (χ3n) is 2.42. The second kappa shape index (κ2) is 6.08. The van der Waals surface area contributed by atoms with Crippen LogP contribution in [-0.4, -0.2) is 6.61 Å². The Bertz CT molecular complexity index is 557. The molecule has 2 rings (SSSR count). The van der Waals surface area contributed by atoms with Gasteiger partial charge in [-0.1, -0.05) is 12.1 Å². The number of hydrogen-bond donors (Lipinski definition) is 1. The van der Waals surface area contributed by atoms with Crippen molar-refractivity contribution in [1.82, 2.24) is 0 Å². The number of thiophene rings is 1. The van der Waals surface area contributed by atoms with Crippen LogP contribution in [0.1, 0.15) is 17.4 Å². The van der Waals surface area contributed by atoms with Crippen molar-refractivity contribution in [3.63, 3.8) is 0 Å². The van der Waals surface area contributed by atoms with E-state index in [9.17, 15) is 0 Å². The van der Waals surface area contributed by atoms with Gasteiger partial charge in [-0.2, -0.15) is 5.26 Å². The van der Waals surface area contributed by atoms with Crippen molar-refractivity contribution in [2.24, 2.45) is 0 Å². The molecule has 0 aliphatic rings. The van der Waals surface area contributed by atoms with Gasteiger partial charge in [0.05, 0.1) is 17.9 Å². The summed E-state index contributed by atoms with van der Waals surface area (Å²) in [5, 5.41) is 14.0. The first-order valence-corrected chi connectivity index (χ1v) is 6.64. The van der Waals surface area contributed by atoms with Crippen molar-refractivity contribution in [2.45, 2.75) is 13.5 Å². The molecule has 1 N–H and O–H groups in total. The van der Waals surface area contributed by atoms with Crippen LogP contribution < -0.4 is 10.1 Å². The summed E-state index contributed by atoms with van der Waals surface area (Å²) in [5.41, 5.74) is 1.70. The Balaban J connectivity index is 2.03. The molecule has 1 aromatic heterocycles. The molecular weight excluding hydrogens is 244 g/mol. The van der Waals surface area contributed by atoms with Crippen molar-refractivity contribution in [3.8, 4) is 11.8 Å². The molecule has 92 valence electrons. The van der Waals surface area contributed by atoms with E-state index >= 15 is 0 Å². The van der Waals surface area contributed by atoms with Crippen LogP contribution in [0.3, 0.4) is 0 Å². The fourth-order valence-electron chi connectivity index (χ4n) is 1.61. The highest BCUT2D eigenvalue weighted by atomic mass is 32.1. The molecule has 0 fully saturated rings. The summed E-state index contributed by atoms with van der Waals surface area (Å²) in [4.78, 5) is 1.14. The van der Waals surface area contributed by atoms with E-state index in [1.54, 1.807) is 11.3 Å². The molecule has 0 aliphatic heterocycles. The van der Waals surface area contributed by atoms with Crippen LogP contribution in [0.15, 0.2) is 35.7 Å². The number of hydrogen-bond acceptors (Lipinski definition) is 4. The topological polar surface area (TPSA) is 45.0 Å². The second-order valence-electron chi connectivity index (χ2n) is 3.70. The molecule has 0 spiro atoms. The molecule has 0 saturated heterocycles. The number of nitrogens with zero attached hydrogens (tertiary/aromatic N) is 1. The first-order chi connectivity index (χ1) is 8.83. The zero-order chi connectivity index (χ0) is 12.8. The highest BCUT2D eigenvalue weighted by molar-refractivity contribution is 7.10. The summed E-state index contributed by atoms with van der Waals surface area (Å²) in [6.07, 6.45) is 0. The van der Waals surface area contributed by atoms with Gasteiger partial charge in [-0.25, -0.2) is 0 Å². The van der Waals surface area contributed by atoms with Crippen LogP contribution in [0.5, 0.6) is 5.75 Å². The molecule has 18 heavy (non-hydrogen) atoms. The first-order valence-electron chi connectivity index (χ1n) is 5.76. The largest absolute Gasteiger partial charge is 0.492 e. The smallest absolute Gasteiger partial charge is 0.142 e. The third-order valence-corrected chi connectivity index (χ3v) is 3.36. The number of ether oxygens (including phenoxy) is 1. The monoisotopic (exact) mass is 258 g/mol. The summed E-state index contributed by atoms with van der Waals surface area (Å²) in [6.45, 7) is 3.32. The Morgan fingerprint density at radius 1 is 1.39 bits per heavy atom. The van der Waals surface area contributed by atoms with Gasteiger partial charge in [0.2, 0.25) is 0 Å². The van der Waals surface area contributed by atoms with Crippen LogP contribution in [-0.2, 0) is 6.54 Å². The third kappa shape index (κ3) is 3.02. The summed E-state index contributed by atoms with van der Waals surface area (Å²) in [7, 11) is 0. The molecule has 4 heteroatoms. The molecular formula is C14H14N2OS. The van der Waals surface area contributed by atoms with Crippen LogP contribution in [0, 0.1) is 11.3 Å². The van der Waals surface area contributed by atoms with Gasteiger partial charge in [0.25, 0.3) is 0 Å². The number of anilines is 1. The van der Waals surface area contributed by atoms with Gasteiger partial charge in [0.1, 0.15) is 11.8 Å². The van der Waals surface area contributed by atoms with Gasteiger partial charge in [-0.15, -0.1) is 11.3 Å². The van der Waals surface area contributed by atoms with Crippen LogP contribution >= 0.6 is 11.3 Å². The van der Waals surface area contributed by atoms with E-state index in [1.807, 2.05) is 42.6 Å². The van der Waals surface area contributed by atoms with Crippen LogP contribution in [0.4, 0.5) is 5.69 Å². The quantitative estimate of drug-likeness (QED) is 0.890. The van der Waals surface area contributed by atoms with Crippen molar-refractivity contribution in [2.75, 3.05) is 11.9 Å². The minimum absolute atomic E-state index is 0.649. The van der Waals surface area contributed by atoms with E-state index in [0.29, 0.717) is 13.2 Å². The van der Waals surface area contributed by atoms with Gasteiger partial charge in [-0.3, -0.25) is 0 Å². The standard InChI is InChI=1S/C14H14N2OS/c1-2-17-14-6-4-3-5-13(14)16-9-12-7-11(8-15)10-18-12/h3-7,10,16H,2,9H2,1H3. The molecule has 0 atom stereocenters. The van der Waals surface area contributed by atoms with Gasteiger partial charge in [0.15, 0.2) is 0 Å². The average Bonchev–Trinajstić information content (AvgIpc) is 2.86. The highest BCUT2D eigenvalue weighted by Crippen LogP contribution is 2.25. The van der Waals surface area contributed by atoms with E-state index < -0.39 is 0 Å². The number of para-hydroxylation sites is 2. The molecule has 0 bridgehead atoms. The van der Waals surface area contributed by atoms with Gasteiger partial charge >= 0.3 is 0 Å². The molecule has 0 amide bonds. The lowest BCUT2D eigenvalue weighted by Crippen LogP contribution is -2.01. The summed E-state index contributed by atoms with van der Waals surface area (Å²) < 4.78 is 5.54. The molecule has 0 saturated carbocycles. The van der Waals surface area contributed by atoms with Crippen LogP contribution in [0.2, 0.25) is 0 Å². The zero-order valence-electron chi connectivity index (χ0n) is 10.1. The van der Waals surface area contributed by atoms with E-state index in [1.165, 1.54) is 0 Å². The SMILES string of the molecule is CCOc1ccccc1NCc1cc(C#N)cs1. The van der Waals surface area contributed by atoms with E-state index in [4.69, 9.17) is 10.00 Å². The molecule has 3 nitrogen and oxygen atoms in total. The Kier molecular flexibility index (Phi) is 4.21. The first kappa shape index (κ1) is 12.5. The van der Waals surface area contributed by atoms with Crippen LogP contribution in [0.25, 0.3) is 0 Å². The average molecular weight is 258 g/mol. The molecule has 1 aromatic carbocycles. The molecule has 0 radical (unpaired) electrons. The van der Waals surface area contributed by atoms with Gasteiger partial charge in [-0.05, 0) is 25.1 Å². The highest BCUT2D eigenvalue weighted by Gasteiger charge is 2.03. The summed E-state index contributed by atoms with van der Waals surface area (Å²) in [5.74, 6) is 0.858. The molecule has 0 aliphatic carbocycles.